The minimum absolute atomic E-state index is 0. The SMILES string of the molecule is OB(O)O.[Na+].[O-2].[Ti+4]. The monoisotopic (exact) mass is 149 g/mol. The normalized spacial score (nSPS) is 3.86. The molecule has 0 aromatic rings. The fourth-order valence-corrected chi connectivity index (χ4v) is 0. The molecule has 0 radical (unpaired) electrons. The molecule has 0 unspecified atom stereocenters. The van der Waals surface area contributed by atoms with E-state index >= 15 is 0 Å². The molecule has 32 valence electrons. The summed E-state index contributed by atoms with van der Waals surface area (Å²) in [5.74, 6) is 0. The Labute approximate surface area is 78.6 Å². The molecule has 0 aromatic heterocycles. The van der Waals surface area contributed by atoms with Crippen molar-refractivity contribution in [2.75, 3.05) is 0 Å². The molecule has 0 bridgehead atoms. The predicted molar refractivity (Wildman–Crippen MR) is 13.1 cm³/mol. The molecule has 0 heterocycles. The molecule has 0 aliphatic heterocycles. The summed E-state index contributed by atoms with van der Waals surface area (Å²) in [5.41, 5.74) is 0. The molecule has 7 heavy (non-hydrogen) atoms. The van der Waals surface area contributed by atoms with Gasteiger partial charge in [-0.05, 0) is 0 Å². The van der Waals surface area contributed by atoms with Crippen LogP contribution in [0.25, 0.3) is 0 Å². The van der Waals surface area contributed by atoms with Crippen molar-refractivity contribution in [3.63, 3.8) is 0 Å². The quantitative estimate of drug-likeness (QED) is 0.300. The zero-order chi connectivity index (χ0) is 3.58. The van der Waals surface area contributed by atoms with Gasteiger partial charge in [-0.15, -0.1) is 0 Å². The van der Waals surface area contributed by atoms with Crippen LogP contribution in [0.15, 0.2) is 0 Å². The van der Waals surface area contributed by atoms with Gasteiger partial charge in [0.1, 0.15) is 0 Å². The smallest absolute Gasteiger partial charge is 2.00 e. The Morgan fingerprint density at radius 2 is 1.00 bits per heavy atom. The van der Waals surface area contributed by atoms with E-state index in [1.807, 2.05) is 0 Å². The molecule has 0 saturated carbocycles. The predicted octanol–water partition coefficient (Wildman–Crippen LogP) is -5.17. The Morgan fingerprint density at radius 1 is 1.00 bits per heavy atom. The van der Waals surface area contributed by atoms with Gasteiger partial charge in [0.2, 0.25) is 0 Å². The fourth-order valence-electron chi connectivity index (χ4n) is 0. The summed E-state index contributed by atoms with van der Waals surface area (Å²) < 4.78 is 0. The molecule has 0 amide bonds. The van der Waals surface area contributed by atoms with Crippen LogP contribution in [-0.4, -0.2) is 22.4 Å². The third-order valence-corrected chi connectivity index (χ3v) is 0. The first kappa shape index (κ1) is 23.5. The summed E-state index contributed by atoms with van der Waals surface area (Å²) in [6, 6.07) is 0. The van der Waals surface area contributed by atoms with Gasteiger partial charge in [-0.25, -0.2) is 0 Å². The van der Waals surface area contributed by atoms with E-state index in [2.05, 4.69) is 0 Å². The van der Waals surface area contributed by atoms with Gasteiger partial charge in [0, 0.05) is 0 Å². The van der Waals surface area contributed by atoms with E-state index < -0.39 is 7.32 Å². The van der Waals surface area contributed by atoms with Gasteiger partial charge in [0.15, 0.2) is 0 Å². The first-order valence-corrected chi connectivity index (χ1v) is 0.775. The number of hydrogen-bond acceptors (Lipinski definition) is 3. The molecule has 4 nitrogen and oxygen atoms in total. The van der Waals surface area contributed by atoms with Gasteiger partial charge >= 0.3 is 58.6 Å². The molecule has 0 saturated heterocycles. The summed E-state index contributed by atoms with van der Waals surface area (Å²) in [7, 11) is -2.17. The van der Waals surface area contributed by atoms with Crippen LogP contribution in [0.3, 0.4) is 0 Å². The van der Waals surface area contributed by atoms with Gasteiger partial charge in [-0.3, -0.25) is 0 Å². The van der Waals surface area contributed by atoms with Crippen molar-refractivity contribution in [3.05, 3.63) is 0 Å². The maximum Gasteiger partial charge on any atom is 4.00 e. The number of hydrogen-bond donors (Lipinski definition) is 3. The fraction of sp³-hybridized carbons (Fsp3) is 0. The average molecular weight is 149 g/mol. The molecule has 0 aliphatic rings. The maximum atomic E-state index is 7.17. The minimum Gasteiger partial charge on any atom is -2.00 e. The van der Waals surface area contributed by atoms with Crippen molar-refractivity contribution in [1.29, 1.82) is 0 Å². The third-order valence-electron chi connectivity index (χ3n) is 0. The van der Waals surface area contributed by atoms with E-state index in [4.69, 9.17) is 15.1 Å². The molecule has 0 spiro atoms. The standard InChI is InChI=1S/BH3O3.Na.O.Ti/c2-1(3)4;;;/h2-4H;;;/q;+1;-2;+4. The number of rotatable bonds is 0. The second kappa shape index (κ2) is 15.6. The van der Waals surface area contributed by atoms with Crippen LogP contribution in [0.2, 0.25) is 0 Å². The summed E-state index contributed by atoms with van der Waals surface area (Å²) in [5, 5.41) is 21.5. The van der Waals surface area contributed by atoms with Crippen LogP contribution in [0.1, 0.15) is 0 Å². The van der Waals surface area contributed by atoms with E-state index in [0.717, 1.165) is 0 Å². The third kappa shape index (κ3) is 91.8. The molecule has 0 fully saturated rings. The second-order valence-electron chi connectivity index (χ2n) is 0.346. The zero-order valence-corrected chi connectivity index (χ0v) is 7.39. The Morgan fingerprint density at radius 3 is 1.00 bits per heavy atom. The molecular formula is H3BNaO4Ti+3. The van der Waals surface area contributed by atoms with Gasteiger partial charge in [-0.2, -0.15) is 0 Å². The first-order valence-electron chi connectivity index (χ1n) is 0.775. The molecular weight excluding hydrogens is 146 g/mol. The van der Waals surface area contributed by atoms with Gasteiger partial charge in [0.05, 0.1) is 0 Å². The molecule has 0 rings (SSSR count). The van der Waals surface area contributed by atoms with Crippen molar-refractivity contribution in [2.24, 2.45) is 0 Å². The molecule has 7 heteroatoms. The minimum atomic E-state index is -2.17. The summed E-state index contributed by atoms with van der Waals surface area (Å²) in [6.45, 7) is 0. The first-order chi connectivity index (χ1) is 1.73. The van der Waals surface area contributed by atoms with E-state index in [0.29, 0.717) is 0 Å². The summed E-state index contributed by atoms with van der Waals surface area (Å²) >= 11 is 0. The summed E-state index contributed by atoms with van der Waals surface area (Å²) in [4.78, 5) is 0. The van der Waals surface area contributed by atoms with Gasteiger partial charge in [0.25, 0.3) is 0 Å². The van der Waals surface area contributed by atoms with E-state index in [1.54, 1.807) is 0 Å². The Balaban J connectivity index is -0.0000000150. The maximum absolute atomic E-state index is 7.17. The average Bonchev–Trinajstić information content (AvgIpc) is 0.811. The van der Waals surface area contributed by atoms with Crippen molar-refractivity contribution in [1.82, 2.24) is 0 Å². The Kier molecular flexibility index (Phi) is 52.4. The van der Waals surface area contributed by atoms with Crippen molar-refractivity contribution in [3.8, 4) is 0 Å². The second-order valence-corrected chi connectivity index (χ2v) is 0.346. The molecule has 3 N–H and O–H groups in total. The van der Waals surface area contributed by atoms with E-state index in [-0.39, 0.29) is 56.8 Å². The molecule has 0 aliphatic carbocycles. The van der Waals surface area contributed by atoms with Crippen LogP contribution in [0.5, 0.6) is 0 Å². The Hall–Kier alpha value is 1.62. The van der Waals surface area contributed by atoms with E-state index in [9.17, 15) is 0 Å². The van der Waals surface area contributed by atoms with Crippen molar-refractivity contribution >= 4 is 7.32 Å². The van der Waals surface area contributed by atoms with Crippen LogP contribution in [0.4, 0.5) is 0 Å². The van der Waals surface area contributed by atoms with Crippen LogP contribution in [0, 0.1) is 0 Å². The largest absolute Gasteiger partial charge is 4.00 e. The zero-order valence-electron chi connectivity index (χ0n) is 3.83. The molecule has 0 atom stereocenters. The van der Waals surface area contributed by atoms with Gasteiger partial charge < -0.3 is 20.5 Å². The van der Waals surface area contributed by atoms with Crippen molar-refractivity contribution in [2.45, 2.75) is 0 Å². The Bertz CT molecular complexity index is 16.4. The van der Waals surface area contributed by atoms with Gasteiger partial charge in [-0.1, -0.05) is 0 Å². The van der Waals surface area contributed by atoms with E-state index in [1.165, 1.54) is 0 Å². The molecule has 0 aromatic carbocycles. The van der Waals surface area contributed by atoms with Crippen LogP contribution >= 0.6 is 0 Å². The topological polar surface area (TPSA) is 89.2 Å². The summed E-state index contributed by atoms with van der Waals surface area (Å²) in [6.07, 6.45) is 0. The van der Waals surface area contributed by atoms with Crippen LogP contribution < -0.4 is 29.6 Å². The van der Waals surface area contributed by atoms with Crippen molar-refractivity contribution < 1.29 is 71.8 Å². The van der Waals surface area contributed by atoms with Crippen LogP contribution in [-0.2, 0) is 27.2 Å².